The lowest BCUT2D eigenvalue weighted by Crippen LogP contribution is -2.09. The number of fused-ring (bicyclic) bond motifs is 1. The molecule has 2 heteroatoms. The van der Waals surface area contributed by atoms with Crippen LogP contribution in [0.5, 0.6) is 5.75 Å². The molecule has 1 aromatic rings. The Morgan fingerprint density at radius 3 is 3.36 bits per heavy atom. The maximum absolute atomic E-state index is 5.44. The first-order valence-electron chi connectivity index (χ1n) is 3.94. The van der Waals surface area contributed by atoms with E-state index in [9.17, 15) is 0 Å². The molecule has 58 valence electrons. The van der Waals surface area contributed by atoms with Crippen LogP contribution in [-0.2, 0) is 6.42 Å². The third-order valence-corrected chi connectivity index (χ3v) is 1.88. The van der Waals surface area contributed by atoms with Gasteiger partial charge in [0.2, 0.25) is 0 Å². The SMILES string of the molecule is Cc1cnc2c(c1)OCCC2. The van der Waals surface area contributed by atoms with Gasteiger partial charge in [0.15, 0.2) is 0 Å². The van der Waals surface area contributed by atoms with Crippen molar-refractivity contribution in [3.05, 3.63) is 23.5 Å². The first-order valence-corrected chi connectivity index (χ1v) is 3.94. The highest BCUT2D eigenvalue weighted by molar-refractivity contribution is 5.32. The molecule has 2 rings (SSSR count). The van der Waals surface area contributed by atoms with Gasteiger partial charge >= 0.3 is 0 Å². The summed E-state index contributed by atoms with van der Waals surface area (Å²) in [7, 11) is 0. The largest absolute Gasteiger partial charge is 0.492 e. The molecule has 0 aromatic carbocycles. The van der Waals surface area contributed by atoms with Gasteiger partial charge in [-0.15, -0.1) is 0 Å². The smallest absolute Gasteiger partial charge is 0.141 e. The van der Waals surface area contributed by atoms with Gasteiger partial charge in [0, 0.05) is 6.20 Å². The molecule has 1 aliphatic rings. The lowest BCUT2D eigenvalue weighted by molar-refractivity contribution is 0.284. The predicted octanol–water partition coefficient (Wildman–Crippen LogP) is 1.72. The fourth-order valence-corrected chi connectivity index (χ4v) is 1.31. The van der Waals surface area contributed by atoms with Crippen molar-refractivity contribution in [3.8, 4) is 5.75 Å². The van der Waals surface area contributed by atoms with Crippen molar-refractivity contribution >= 4 is 0 Å². The molecule has 0 atom stereocenters. The molecule has 0 N–H and O–H groups in total. The van der Waals surface area contributed by atoms with E-state index in [0.717, 1.165) is 30.9 Å². The summed E-state index contributed by atoms with van der Waals surface area (Å²) in [6.45, 7) is 2.88. The summed E-state index contributed by atoms with van der Waals surface area (Å²) < 4.78 is 5.44. The first kappa shape index (κ1) is 6.65. The van der Waals surface area contributed by atoms with E-state index >= 15 is 0 Å². The van der Waals surface area contributed by atoms with Crippen molar-refractivity contribution in [2.75, 3.05) is 6.61 Å². The lowest BCUT2D eigenvalue weighted by Gasteiger charge is -2.15. The molecule has 0 fully saturated rings. The molecule has 0 spiro atoms. The fourth-order valence-electron chi connectivity index (χ4n) is 1.31. The van der Waals surface area contributed by atoms with Crippen LogP contribution in [0, 0.1) is 6.92 Å². The lowest BCUT2D eigenvalue weighted by atomic mass is 10.1. The van der Waals surface area contributed by atoms with Gasteiger partial charge in [0.25, 0.3) is 0 Å². The van der Waals surface area contributed by atoms with E-state index in [4.69, 9.17) is 4.74 Å². The standard InChI is InChI=1S/C9H11NO/c1-7-5-9-8(10-6-7)3-2-4-11-9/h5-6H,2-4H2,1H3. The van der Waals surface area contributed by atoms with Crippen LogP contribution in [-0.4, -0.2) is 11.6 Å². The highest BCUT2D eigenvalue weighted by atomic mass is 16.5. The molecular weight excluding hydrogens is 138 g/mol. The molecule has 2 heterocycles. The van der Waals surface area contributed by atoms with Crippen LogP contribution in [0.15, 0.2) is 12.3 Å². The second-order valence-corrected chi connectivity index (χ2v) is 2.91. The third-order valence-electron chi connectivity index (χ3n) is 1.88. The quantitative estimate of drug-likeness (QED) is 0.560. The average Bonchev–Trinajstić information content (AvgIpc) is 2.04. The van der Waals surface area contributed by atoms with E-state index in [1.807, 2.05) is 13.1 Å². The second-order valence-electron chi connectivity index (χ2n) is 2.91. The van der Waals surface area contributed by atoms with Crippen LogP contribution in [0.1, 0.15) is 17.7 Å². The Hall–Kier alpha value is -1.05. The minimum absolute atomic E-state index is 0.845. The van der Waals surface area contributed by atoms with Crippen LogP contribution >= 0.6 is 0 Å². The first-order chi connectivity index (χ1) is 5.36. The highest BCUT2D eigenvalue weighted by Gasteiger charge is 2.10. The van der Waals surface area contributed by atoms with Crippen LogP contribution in [0.2, 0.25) is 0 Å². The van der Waals surface area contributed by atoms with Gasteiger partial charge in [-0.2, -0.15) is 0 Å². The van der Waals surface area contributed by atoms with E-state index < -0.39 is 0 Å². The van der Waals surface area contributed by atoms with Gasteiger partial charge in [0.05, 0.1) is 12.3 Å². The van der Waals surface area contributed by atoms with Gasteiger partial charge in [-0.3, -0.25) is 4.98 Å². The summed E-state index contributed by atoms with van der Waals surface area (Å²) in [6, 6.07) is 2.06. The summed E-state index contributed by atoms with van der Waals surface area (Å²) in [4.78, 5) is 4.29. The van der Waals surface area contributed by atoms with Crippen molar-refractivity contribution in [1.29, 1.82) is 0 Å². The van der Waals surface area contributed by atoms with Crippen molar-refractivity contribution < 1.29 is 4.74 Å². The molecule has 0 unspecified atom stereocenters. The molecule has 0 bridgehead atoms. The van der Waals surface area contributed by atoms with Crippen LogP contribution in [0.3, 0.4) is 0 Å². The monoisotopic (exact) mass is 149 g/mol. The normalized spacial score (nSPS) is 15.4. The zero-order valence-corrected chi connectivity index (χ0v) is 6.63. The third kappa shape index (κ3) is 1.20. The van der Waals surface area contributed by atoms with Gasteiger partial charge in [-0.1, -0.05) is 0 Å². The van der Waals surface area contributed by atoms with Crippen molar-refractivity contribution in [3.63, 3.8) is 0 Å². The summed E-state index contributed by atoms with van der Waals surface area (Å²) in [5.74, 6) is 0.983. The Bertz CT molecular complexity index is 270. The van der Waals surface area contributed by atoms with Crippen LogP contribution in [0.25, 0.3) is 0 Å². The summed E-state index contributed by atoms with van der Waals surface area (Å²) in [5.41, 5.74) is 2.28. The maximum atomic E-state index is 5.44. The van der Waals surface area contributed by atoms with E-state index in [-0.39, 0.29) is 0 Å². The van der Waals surface area contributed by atoms with Crippen LogP contribution < -0.4 is 4.74 Å². The molecule has 11 heavy (non-hydrogen) atoms. The second kappa shape index (κ2) is 2.53. The number of hydrogen-bond donors (Lipinski definition) is 0. The molecule has 0 radical (unpaired) electrons. The molecule has 0 aliphatic carbocycles. The maximum Gasteiger partial charge on any atom is 0.141 e. The fraction of sp³-hybridized carbons (Fsp3) is 0.444. The van der Waals surface area contributed by atoms with E-state index in [2.05, 4.69) is 11.1 Å². The number of nitrogens with zero attached hydrogens (tertiary/aromatic N) is 1. The highest BCUT2D eigenvalue weighted by Crippen LogP contribution is 2.22. The topological polar surface area (TPSA) is 22.1 Å². The van der Waals surface area contributed by atoms with Gasteiger partial charge in [-0.05, 0) is 31.4 Å². The minimum Gasteiger partial charge on any atom is -0.492 e. The predicted molar refractivity (Wildman–Crippen MR) is 42.8 cm³/mol. The number of rotatable bonds is 0. The molecule has 1 aliphatic heterocycles. The van der Waals surface area contributed by atoms with Crippen molar-refractivity contribution in [2.24, 2.45) is 0 Å². The van der Waals surface area contributed by atoms with Gasteiger partial charge in [0.1, 0.15) is 5.75 Å². The molecule has 0 saturated carbocycles. The van der Waals surface area contributed by atoms with Crippen molar-refractivity contribution in [2.45, 2.75) is 19.8 Å². The van der Waals surface area contributed by atoms with Gasteiger partial charge < -0.3 is 4.74 Å². The number of ether oxygens (including phenoxy) is 1. The summed E-state index contributed by atoms with van der Waals surface area (Å²) >= 11 is 0. The molecule has 0 amide bonds. The number of aryl methyl sites for hydroxylation is 2. The Morgan fingerprint density at radius 1 is 1.55 bits per heavy atom. The average molecular weight is 149 g/mol. The Kier molecular flexibility index (Phi) is 1.53. The minimum atomic E-state index is 0.845. The Morgan fingerprint density at radius 2 is 2.45 bits per heavy atom. The Balaban J connectivity index is 2.43. The summed E-state index contributed by atoms with van der Waals surface area (Å²) in [6.07, 6.45) is 4.06. The number of hydrogen-bond acceptors (Lipinski definition) is 2. The van der Waals surface area contributed by atoms with Gasteiger partial charge in [-0.25, -0.2) is 0 Å². The zero-order valence-electron chi connectivity index (χ0n) is 6.63. The molecule has 2 nitrogen and oxygen atoms in total. The Labute approximate surface area is 66.2 Å². The molecule has 1 aromatic heterocycles. The molecular formula is C9H11NO. The number of aromatic nitrogens is 1. The zero-order chi connectivity index (χ0) is 7.68. The number of pyridine rings is 1. The summed E-state index contributed by atoms with van der Waals surface area (Å²) in [5, 5.41) is 0. The molecule has 0 saturated heterocycles. The van der Waals surface area contributed by atoms with E-state index in [1.165, 1.54) is 5.56 Å². The van der Waals surface area contributed by atoms with Crippen molar-refractivity contribution in [1.82, 2.24) is 4.98 Å². The van der Waals surface area contributed by atoms with Crippen LogP contribution in [0.4, 0.5) is 0 Å². The van der Waals surface area contributed by atoms with E-state index in [0.29, 0.717) is 0 Å². The van der Waals surface area contributed by atoms with E-state index in [1.54, 1.807) is 0 Å².